The highest BCUT2D eigenvalue weighted by molar-refractivity contribution is 6.06. The molecule has 1 saturated heterocycles. The van der Waals surface area contributed by atoms with Crippen LogP contribution in [0.5, 0.6) is 0 Å². The number of nitriles is 1. The number of benzene rings is 1. The molecule has 2 aliphatic rings. The van der Waals surface area contributed by atoms with Crippen LogP contribution < -0.4 is 0 Å². The van der Waals surface area contributed by atoms with Crippen molar-refractivity contribution in [1.82, 2.24) is 4.90 Å². The summed E-state index contributed by atoms with van der Waals surface area (Å²) in [5.41, 5.74) is -0.678. The summed E-state index contributed by atoms with van der Waals surface area (Å²) >= 11 is 0. The Morgan fingerprint density at radius 3 is 2.60 bits per heavy atom. The Hall–Kier alpha value is -2.55. The Labute approximate surface area is 144 Å². The van der Waals surface area contributed by atoms with Gasteiger partial charge in [0.05, 0.1) is 17.5 Å². The number of carbonyl (C=O) groups is 2. The Bertz CT molecular complexity index is 769. The van der Waals surface area contributed by atoms with Gasteiger partial charge < -0.3 is 4.90 Å². The minimum Gasteiger partial charge on any atom is -0.336 e. The second kappa shape index (κ2) is 6.40. The van der Waals surface area contributed by atoms with E-state index in [9.17, 15) is 23.6 Å². The van der Waals surface area contributed by atoms with Gasteiger partial charge in [0, 0.05) is 12.5 Å². The van der Waals surface area contributed by atoms with Crippen molar-refractivity contribution in [2.24, 2.45) is 11.8 Å². The Balaban J connectivity index is 2.21. The number of hydrogen-bond donors (Lipinski definition) is 0. The summed E-state index contributed by atoms with van der Waals surface area (Å²) in [6.07, 6.45) is -0.777. The van der Waals surface area contributed by atoms with E-state index in [-0.39, 0.29) is 23.8 Å². The number of alkyl halides is 2. The van der Waals surface area contributed by atoms with Gasteiger partial charge in [-0.15, -0.1) is 0 Å². The number of ketones is 1. The molecule has 1 aliphatic carbocycles. The second-order valence-corrected chi connectivity index (χ2v) is 6.60. The first-order valence-corrected chi connectivity index (χ1v) is 8.22. The third-order valence-corrected chi connectivity index (χ3v) is 5.32. The maximum absolute atomic E-state index is 13.3. The summed E-state index contributed by atoms with van der Waals surface area (Å²) in [6, 6.07) is 10.7. The predicted octanol–water partition coefficient (Wildman–Crippen LogP) is 2.71. The number of nitrogens with zero attached hydrogens (tertiary/aromatic N) is 2. The monoisotopic (exact) mass is 344 g/mol. The third-order valence-electron chi connectivity index (χ3n) is 5.32. The number of rotatable bonds is 3. The van der Waals surface area contributed by atoms with Crippen molar-refractivity contribution in [2.45, 2.75) is 25.2 Å². The first-order chi connectivity index (χ1) is 11.9. The van der Waals surface area contributed by atoms with Crippen molar-refractivity contribution >= 4 is 11.7 Å². The second-order valence-electron chi connectivity index (χ2n) is 6.60. The first kappa shape index (κ1) is 17.3. The number of amides is 1. The zero-order valence-corrected chi connectivity index (χ0v) is 13.8. The quantitative estimate of drug-likeness (QED) is 0.847. The highest BCUT2D eigenvalue weighted by Crippen LogP contribution is 2.49. The van der Waals surface area contributed by atoms with E-state index in [1.807, 2.05) is 6.07 Å². The number of allylic oxidation sites excluding steroid dienone is 1. The minimum atomic E-state index is -2.63. The standard InChI is InChI=1S/C19H18F2N2O2/c1-12-15-7-8-23(11-16(20)21)18(25)19(15,9-13(10-22)17(12)24)14-5-3-2-4-6-14/h2-6,9,12,15-16H,7-8,11H2,1H3/t12-,15?,19+/m1/s1. The third kappa shape index (κ3) is 2.64. The zero-order valence-electron chi connectivity index (χ0n) is 13.8. The van der Waals surface area contributed by atoms with E-state index >= 15 is 0 Å². The molecule has 0 radical (unpaired) electrons. The number of halogens is 2. The van der Waals surface area contributed by atoms with Crippen LogP contribution in [0.2, 0.25) is 0 Å². The number of piperidine rings is 1. The van der Waals surface area contributed by atoms with Crippen LogP contribution in [0.3, 0.4) is 0 Å². The molecule has 1 heterocycles. The van der Waals surface area contributed by atoms with Gasteiger partial charge in [0.15, 0.2) is 5.78 Å². The molecule has 1 aromatic rings. The lowest BCUT2D eigenvalue weighted by molar-refractivity contribution is -0.146. The van der Waals surface area contributed by atoms with Crippen molar-refractivity contribution in [3.05, 3.63) is 47.5 Å². The predicted molar refractivity (Wildman–Crippen MR) is 86.7 cm³/mol. The van der Waals surface area contributed by atoms with E-state index in [0.29, 0.717) is 12.0 Å². The van der Waals surface area contributed by atoms with Gasteiger partial charge in [-0.25, -0.2) is 8.78 Å². The average molecular weight is 344 g/mol. The largest absolute Gasteiger partial charge is 0.336 e. The first-order valence-electron chi connectivity index (χ1n) is 8.22. The van der Waals surface area contributed by atoms with E-state index in [0.717, 1.165) is 4.90 Å². The summed E-state index contributed by atoms with van der Waals surface area (Å²) in [5.74, 6) is -1.60. The van der Waals surface area contributed by atoms with Crippen LogP contribution >= 0.6 is 0 Å². The van der Waals surface area contributed by atoms with Gasteiger partial charge in [-0.3, -0.25) is 9.59 Å². The van der Waals surface area contributed by atoms with E-state index < -0.39 is 30.2 Å². The molecule has 1 aliphatic heterocycles. The number of hydrogen-bond acceptors (Lipinski definition) is 3. The van der Waals surface area contributed by atoms with E-state index in [4.69, 9.17) is 0 Å². The number of carbonyl (C=O) groups excluding carboxylic acids is 2. The van der Waals surface area contributed by atoms with Crippen LogP contribution in [-0.2, 0) is 15.0 Å². The van der Waals surface area contributed by atoms with E-state index in [1.54, 1.807) is 37.3 Å². The lowest BCUT2D eigenvalue weighted by atomic mass is 9.57. The fourth-order valence-electron chi connectivity index (χ4n) is 4.15. The summed E-state index contributed by atoms with van der Waals surface area (Å²) in [5, 5.41) is 9.34. The molecule has 4 nitrogen and oxygen atoms in total. The van der Waals surface area contributed by atoms with Gasteiger partial charge in [0.25, 0.3) is 6.43 Å². The van der Waals surface area contributed by atoms with Crippen LogP contribution in [0.15, 0.2) is 42.0 Å². The van der Waals surface area contributed by atoms with Gasteiger partial charge in [0.2, 0.25) is 5.91 Å². The maximum Gasteiger partial charge on any atom is 0.255 e. The normalized spacial score (nSPS) is 29.2. The molecule has 0 bridgehead atoms. The molecule has 3 rings (SSSR count). The van der Waals surface area contributed by atoms with Crippen LogP contribution in [0, 0.1) is 23.2 Å². The van der Waals surface area contributed by atoms with Crippen molar-refractivity contribution in [1.29, 1.82) is 5.26 Å². The van der Waals surface area contributed by atoms with Gasteiger partial charge in [-0.2, -0.15) is 5.26 Å². The summed E-state index contributed by atoms with van der Waals surface area (Å²) in [6.45, 7) is 1.26. The van der Waals surface area contributed by atoms with Gasteiger partial charge in [0.1, 0.15) is 6.07 Å². The zero-order chi connectivity index (χ0) is 18.2. The smallest absolute Gasteiger partial charge is 0.255 e. The Morgan fingerprint density at radius 1 is 1.32 bits per heavy atom. The molecule has 0 saturated carbocycles. The number of Topliss-reactive ketones (excluding diaryl/α,β-unsaturated/α-hetero) is 1. The molecule has 0 aromatic heterocycles. The Morgan fingerprint density at radius 2 is 2.00 bits per heavy atom. The van der Waals surface area contributed by atoms with Crippen molar-refractivity contribution < 1.29 is 18.4 Å². The lowest BCUT2D eigenvalue weighted by Crippen LogP contribution is -2.60. The highest BCUT2D eigenvalue weighted by Gasteiger charge is 2.56. The van der Waals surface area contributed by atoms with Gasteiger partial charge in [-0.1, -0.05) is 37.3 Å². The lowest BCUT2D eigenvalue weighted by Gasteiger charge is -2.49. The van der Waals surface area contributed by atoms with Crippen LogP contribution in [0.4, 0.5) is 8.78 Å². The molecule has 1 aromatic carbocycles. The summed E-state index contributed by atoms with van der Waals surface area (Å²) < 4.78 is 25.8. The molecule has 0 spiro atoms. The average Bonchev–Trinajstić information content (AvgIpc) is 2.61. The van der Waals surface area contributed by atoms with Crippen LogP contribution in [0.1, 0.15) is 18.9 Å². The molecule has 1 unspecified atom stereocenters. The Kier molecular flexibility index (Phi) is 4.42. The van der Waals surface area contributed by atoms with Crippen molar-refractivity contribution in [2.75, 3.05) is 13.1 Å². The summed E-state index contributed by atoms with van der Waals surface area (Å²) in [4.78, 5) is 26.8. The minimum absolute atomic E-state index is 0.0696. The van der Waals surface area contributed by atoms with Crippen LogP contribution in [0.25, 0.3) is 0 Å². The number of fused-ring (bicyclic) bond motifs is 1. The molecular weight excluding hydrogens is 326 g/mol. The van der Waals surface area contributed by atoms with Crippen molar-refractivity contribution in [3.63, 3.8) is 0 Å². The molecule has 1 amide bonds. The van der Waals surface area contributed by atoms with E-state index in [1.165, 1.54) is 6.08 Å². The molecule has 1 fully saturated rings. The fraction of sp³-hybridized carbons (Fsp3) is 0.421. The molecule has 0 N–H and O–H groups in total. The molecule has 25 heavy (non-hydrogen) atoms. The molecule has 3 atom stereocenters. The maximum atomic E-state index is 13.3. The fourth-order valence-corrected chi connectivity index (χ4v) is 4.15. The molecule has 6 heteroatoms. The molecule has 130 valence electrons. The van der Waals surface area contributed by atoms with Crippen molar-refractivity contribution in [3.8, 4) is 6.07 Å². The highest BCUT2D eigenvalue weighted by atomic mass is 19.3. The number of likely N-dealkylation sites (tertiary alicyclic amines) is 1. The van der Waals surface area contributed by atoms with Gasteiger partial charge >= 0.3 is 0 Å². The molecular formula is C19H18F2N2O2. The van der Waals surface area contributed by atoms with Gasteiger partial charge in [-0.05, 0) is 24.0 Å². The SMILES string of the molecule is C[C@H]1C(=O)C(C#N)=C[C@@]2(c3ccccc3)C(=O)N(CC(F)F)CCC12. The van der Waals surface area contributed by atoms with Crippen LogP contribution in [-0.4, -0.2) is 36.1 Å². The van der Waals surface area contributed by atoms with E-state index in [2.05, 4.69) is 0 Å². The topological polar surface area (TPSA) is 61.2 Å². The summed E-state index contributed by atoms with van der Waals surface area (Å²) in [7, 11) is 0.